The molecule has 0 saturated carbocycles. The van der Waals surface area contributed by atoms with Crippen molar-refractivity contribution in [2.24, 2.45) is 0 Å². The number of rotatable bonds is 3. The average Bonchev–Trinajstić information content (AvgIpc) is 2.67. The fourth-order valence-corrected chi connectivity index (χ4v) is 7.13. The molecule has 2 heterocycles. The van der Waals surface area contributed by atoms with E-state index in [2.05, 4.69) is 15.9 Å². The van der Waals surface area contributed by atoms with E-state index >= 15 is 0 Å². The number of alkyl halides is 1. The fourth-order valence-electron chi connectivity index (χ4n) is 2.67. The van der Waals surface area contributed by atoms with Gasteiger partial charge in [-0.15, -0.1) is 22.9 Å². The molecule has 0 amide bonds. The third kappa shape index (κ3) is 3.82. The van der Waals surface area contributed by atoms with Crippen LogP contribution in [0.25, 0.3) is 0 Å². The van der Waals surface area contributed by atoms with Gasteiger partial charge in [-0.25, -0.2) is 8.42 Å². The molecule has 4 nitrogen and oxygen atoms in total. The SMILES string of the molecule is CC1(C)CN(S(=O)(=O)c2cc(CCl)sc2Br)CC(C)(C)O1. The minimum Gasteiger partial charge on any atom is -0.367 e. The summed E-state index contributed by atoms with van der Waals surface area (Å²) in [6.45, 7) is 8.29. The molecule has 1 aliphatic heterocycles. The van der Waals surface area contributed by atoms with Gasteiger partial charge < -0.3 is 4.74 Å². The van der Waals surface area contributed by atoms with Gasteiger partial charge in [0.05, 0.1) is 20.9 Å². The Labute approximate surface area is 143 Å². The zero-order valence-corrected chi connectivity index (χ0v) is 16.4. The third-order valence-electron chi connectivity index (χ3n) is 3.12. The van der Waals surface area contributed by atoms with Crippen molar-refractivity contribution in [3.8, 4) is 0 Å². The molecule has 0 bridgehead atoms. The second kappa shape index (κ2) is 5.76. The van der Waals surface area contributed by atoms with E-state index in [0.29, 0.717) is 22.8 Å². The Morgan fingerprint density at radius 3 is 2.29 bits per heavy atom. The summed E-state index contributed by atoms with van der Waals surface area (Å²) in [5.74, 6) is 0.304. The molecule has 0 atom stereocenters. The van der Waals surface area contributed by atoms with Gasteiger partial charge in [-0.05, 0) is 49.7 Å². The number of sulfonamides is 1. The molecule has 0 radical (unpaired) electrons. The lowest BCUT2D eigenvalue weighted by Crippen LogP contribution is -2.58. The molecular formula is C13H19BrClNO3S2. The monoisotopic (exact) mass is 415 g/mol. The molecule has 0 unspecified atom stereocenters. The molecule has 1 saturated heterocycles. The first-order valence-electron chi connectivity index (χ1n) is 6.51. The van der Waals surface area contributed by atoms with E-state index < -0.39 is 21.2 Å². The quantitative estimate of drug-likeness (QED) is 0.704. The van der Waals surface area contributed by atoms with Gasteiger partial charge in [0.15, 0.2) is 0 Å². The summed E-state index contributed by atoms with van der Waals surface area (Å²) in [6, 6.07) is 1.65. The summed E-state index contributed by atoms with van der Waals surface area (Å²) in [7, 11) is -3.57. The molecule has 1 aliphatic rings. The minimum atomic E-state index is -3.57. The first kappa shape index (κ1) is 17.7. The van der Waals surface area contributed by atoms with E-state index in [1.807, 2.05) is 27.7 Å². The van der Waals surface area contributed by atoms with E-state index in [9.17, 15) is 8.42 Å². The Balaban J connectivity index is 2.41. The number of halogens is 2. The summed E-state index contributed by atoms with van der Waals surface area (Å²) in [5.41, 5.74) is -1.04. The van der Waals surface area contributed by atoms with Crippen LogP contribution < -0.4 is 0 Å². The number of morpholine rings is 1. The highest BCUT2D eigenvalue weighted by atomic mass is 79.9. The lowest BCUT2D eigenvalue weighted by Gasteiger charge is -2.46. The predicted octanol–water partition coefficient (Wildman–Crippen LogP) is 3.83. The number of ether oxygens (including phenoxy) is 1. The zero-order valence-electron chi connectivity index (χ0n) is 12.4. The summed E-state index contributed by atoms with van der Waals surface area (Å²) >= 11 is 10.5. The van der Waals surface area contributed by atoms with Crippen molar-refractivity contribution in [3.63, 3.8) is 0 Å². The minimum absolute atomic E-state index is 0.289. The Kier molecular flexibility index (Phi) is 4.85. The van der Waals surface area contributed by atoms with E-state index in [1.165, 1.54) is 15.6 Å². The van der Waals surface area contributed by atoms with Crippen LogP contribution in [0.5, 0.6) is 0 Å². The lowest BCUT2D eigenvalue weighted by atomic mass is 10.0. The molecule has 21 heavy (non-hydrogen) atoms. The van der Waals surface area contributed by atoms with Crippen LogP contribution in [0.1, 0.15) is 32.6 Å². The second-order valence-corrected chi connectivity index (χ2v) is 11.0. The topological polar surface area (TPSA) is 46.6 Å². The number of hydrogen-bond donors (Lipinski definition) is 0. The Morgan fingerprint density at radius 1 is 1.33 bits per heavy atom. The predicted molar refractivity (Wildman–Crippen MR) is 89.6 cm³/mol. The second-order valence-electron chi connectivity index (χ2n) is 6.38. The van der Waals surface area contributed by atoms with E-state index in [0.717, 1.165) is 4.88 Å². The molecule has 0 N–H and O–H groups in total. The van der Waals surface area contributed by atoms with Gasteiger partial charge in [-0.3, -0.25) is 0 Å². The van der Waals surface area contributed by atoms with Crippen LogP contribution in [-0.2, 0) is 20.6 Å². The molecule has 2 rings (SSSR count). The molecule has 8 heteroatoms. The van der Waals surface area contributed by atoms with Gasteiger partial charge in [-0.1, -0.05) is 0 Å². The first-order chi connectivity index (χ1) is 9.47. The molecule has 0 aromatic carbocycles. The Morgan fingerprint density at radius 2 is 1.86 bits per heavy atom. The highest BCUT2D eigenvalue weighted by Crippen LogP contribution is 2.37. The highest BCUT2D eigenvalue weighted by Gasteiger charge is 2.43. The van der Waals surface area contributed by atoms with E-state index in [1.54, 1.807) is 6.07 Å². The average molecular weight is 417 g/mol. The van der Waals surface area contributed by atoms with Crippen molar-refractivity contribution in [2.75, 3.05) is 13.1 Å². The van der Waals surface area contributed by atoms with Gasteiger partial charge >= 0.3 is 0 Å². The maximum atomic E-state index is 12.9. The molecule has 0 spiro atoms. The van der Waals surface area contributed by atoms with Gasteiger partial charge in [0.1, 0.15) is 4.90 Å². The lowest BCUT2D eigenvalue weighted by molar-refractivity contribution is -0.163. The Bertz CT molecular complexity index is 624. The summed E-state index contributed by atoms with van der Waals surface area (Å²) in [4.78, 5) is 1.12. The molecule has 0 aliphatic carbocycles. The van der Waals surface area contributed by atoms with Crippen molar-refractivity contribution in [1.29, 1.82) is 0 Å². The molecule has 1 aromatic rings. The summed E-state index contributed by atoms with van der Waals surface area (Å²) in [5, 5.41) is 0. The van der Waals surface area contributed by atoms with Crippen LogP contribution >= 0.6 is 38.9 Å². The van der Waals surface area contributed by atoms with Crippen LogP contribution in [0.3, 0.4) is 0 Å². The molecular weight excluding hydrogens is 398 g/mol. The summed E-state index contributed by atoms with van der Waals surface area (Å²) < 4.78 is 33.9. The number of thiophene rings is 1. The van der Waals surface area contributed by atoms with Crippen LogP contribution in [0.15, 0.2) is 14.7 Å². The van der Waals surface area contributed by atoms with Crippen LogP contribution in [0, 0.1) is 0 Å². The van der Waals surface area contributed by atoms with Gasteiger partial charge in [0.2, 0.25) is 10.0 Å². The maximum Gasteiger partial charge on any atom is 0.245 e. The largest absolute Gasteiger partial charge is 0.367 e. The van der Waals surface area contributed by atoms with E-state index in [4.69, 9.17) is 16.3 Å². The standard InChI is InChI=1S/C13H19BrClNO3S2/c1-12(2)7-16(8-13(3,4)19-12)21(17,18)10-5-9(6-15)20-11(10)14/h5H,6-8H2,1-4H3. The molecule has 1 aromatic heterocycles. The van der Waals surface area contributed by atoms with Crippen LogP contribution in [-0.4, -0.2) is 37.0 Å². The smallest absolute Gasteiger partial charge is 0.245 e. The highest BCUT2D eigenvalue weighted by molar-refractivity contribution is 9.11. The van der Waals surface area contributed by atoms with Gasteiger partial charge in [-0.2, -0.15) is 4.31 Å². The van der Waals surface area contributed by atoms with Gasteiger partial charge in [0.25, 0.3) is 0 Å². The maximum absolute atomic E-state index is 12.9. The van der Waals surface area contributed by atoms with Crippen molar-refractivity contribution < 1.29 is 13.2 Å². The zero-order chi connectivity index (χ0) is 16.1. The van der Waals surface area contributed by atoms with Crippen molar-refractivity contribution in [2.45, 2.75) is 49.7 Å². The normalized spacial score (nSPS) is 22.4. The molecule has 1 fully saturated rings. The van der Waals surface area contributed by atoms with Crippen molar-refractivity contribution in [1.82, 2.24) is 4.31 Å². The van der Waals surface area contributed by atoms with E-state index in [-0.39, 0.29) is 4.90 Å². The first-order valence-corrected chi connectivity index (χ1v) is 10.1. The number of hydrogen-bond acceptors (Lipinski definition) is 4. The van der Waals surface area contributed by atoms with Crippen LogP contribution in [0.4, 0.5) is 0 Å². The van der Waals surface area contributed by atoms with Gasteiger partial charge in [0, 0.05) is 18.0 Å². The fraction of sp³-hybridized carbons (Fsp3) is 0.692. The van der Waals surface area contributed by atoms with Crippen molar-refractivity contribution >= 4 is 48.9 Å². The summed E-state index contributed by atoms with van der Waals surface area (Å²) in [6.07, 6.45) is 0. The Hall–Kier alpha value is 0.340. The third-order valence-corrected chi connectivity index (χ3v) is 7.61. The number of nitrogens with zero attached hydrogens (tertiary/aromatic N) is 1. The van der Waals surface area contributed by atoms with Crippen LogP contribution in [0.2, 0.25) is 0 Å². The molecule has 120 valence electrons. The van der Waals surface area contributed by atoms with Crippen molar-refractivity contribution in [3.05, 3.63) is 14.7 Å².